The zero-order valence-corrected chi connectivity index (χ0v) is 7.85. The number of nitrogens with zero attached hydrogens (tertiary/aromatic N) is 1. The van der Waals surface area contributed by atoms with Crippen LogP contribution in [0.5, 0.6) is 0 Å². The molecule has 0 atom stereocenters. The summed E-state index contributed by atoms with van der Waals surface area (Å²) in [5.41, 5.74) is 2.78. The summed E-state index contributed by atoms with van der Waals surface area (Å²) in [5.74, 6) is 0.353. The summed E-state index contributed by atoms with van der Waals surface area (Å²) in [7, 11) is 0. The van der Waals surface area contributed by atoms with Gasteiger partial charge in [-0.2, -0.15) is 5.10 Å². The van der Waals surface area contributed by atoms with Crippen molar-refractivity contribution in [2.24, 2.45) is 0 Å². The van der Waals surface area contributed by atoms with Crippen molar-refractivity contribution in [1.82, 2.24) is 15.5 Å². The number of nitrogens with one attached hydrogen (secondary N) is 2. The van der Waals surface area contributed by atoms with E-state index in [1.807, 2.05) is 0 Å². The lowest BCUT2D eigenvalue weighted by molar-refractivity contribution is 0.0941. The van der Waals surface area contributed by atoms with Crippen molar-refractivity contribution in [2.45, 2.75) is 26.2 Å². The SMILES string of the molecule is CC(C)c1n[nH]c2c1CCNC2=O. The van der Waals surface area contributed by atoms with Crippen LogP contribution in [-0.4, -0.2) is 22.6 Å². The maximum atomic E-state index is 11.3. The number of H-pyrrole nitrogens is 1. The first-order chi connectivity index (χ1) is 6.20. The summed E-state index contributed by atoms with van der Waals surface area (Å²) in [6.07, 6.45) is 0.894. The number of hydrogen-bond acceptors (Lipinski definition) is 2. The third-order valence-electron chi connectivity index (χ3n) is 2.33. The highest BCUT2D eigenvalue weighted by Crippen LogP contribution is 2.21. The minimum atomic E-state index is -0.0272. The Hall–Kier alpha value is -1.32. The lowest BCUT2D eigenvalue weighted by atomic mass is 9.99. The number of rotatable bonds is 1. The van der Waals surface area contributed by atoms with Gasteiger partial charge in [0.2, 0.25) is 0 Å². The van der Waals surface area contributed by atoms with Gasteiger partial charge in [-0.05, 0) is 12.3 Å². The summed E-state index contributed by atoms with van der Waals surface area (Å²) >= 11 is 0. The Balaban J connectivity index is 2.47. The summed E-state index contributed by atoms with van der Waals surface area (Å²) in [5, 5.41) is 9.74. The molecule has 1 aromatic heterocycles. The third-order valence-corrected chi connectivity index (χ3v) is 2.33. The van der Waals surface area contributed by atoms with E-state index in [4.69, 9.17) is 0 Å². The number of fused-ring (bicyclic) bond motifs is 1. The van der Waals surface area contributed by atoms with Crippen molar-refractivity contribution in [1.29, 1.82) is 0 Å². The van der Waals surface area contributed by atoms with E-state index < -0.39 is 0 Å². The molecule has 0 saturated carbocycles. The van der Waals surface area contributed by atoms with Gasteiger partial charge in [0.05, 0.1) is 5.69 Å². The summed E-state index contributed by atoms with van der Waals surface area (Å²) in [6, 6.07) is 0. The minimum absolute atomic E-state index is 0.0272. The number of aromatic amines is 1. The molecule has 1 aromatic rings. The first-order valence-electron chi connectivity index (χ1n) is 4.55. The lowest BCUT2D eigenvalue weighted by Gasteiger charge is -2.13. The van der Waals surface area contributed by atoms with Crippen LogP contribution in [-0.2, 0) is 6.42 Å². The molecule has 0 radical (unpaired) electrons. The van der Waals surface area contributed by atoms with Gasteiger partial charge in [-0.25, -0.2) is 0 Å². The fraction of sp³-hybridized carbons (Fsp3) is 0.556. The second kappa shape index (κ2) is 2.87. The molecule has 0 bridgehead atoms. The van der Waals surface area contributed by atoms with Crippen LogP contribution in [0.3, 0.4) is 0 Å². The zero-order chi connectivity index (χ0) is 9.42. The topological polar surface area (TPSA) is 57.8 Å². The normalized spacial score (nSPS) is 15.8. The highest BCUT2D eigenvalue weighted by Gasteiger charge is 2.23. The molecule has 2 rings (SSSR count). The highest BCUT2D eigenvalue weighted by molar-refractivity contribution is 5.95. The third kappa shape index (κ3) is 1.22. The molecule has 0 aromatic carbocycles. The predicted molar refractivity (Wildman–Crippen MR) is 48.7 cm³/mol. The van der Waals surface area contributed by atoms with Crippen LogP contribution in [0.25, 0.3) is 0 Å². The molecule has 1 aliphatic heterocycles. The van der Waals surface area contributed by atoms with Crippen LogP contribution in [0.2, 0.25) is 0 Å². The van der Waals surface area contributed by atoms with Gasteiger partial charge in [0.1, 0.15) is 5.69 Å². The van der Waals surface area contributed by atoms with E-state index in [-0.39, 0.29) is 5.91 Å². The molecular formula is C9H13N3O. The molecule has 1 amide bonds. The van der Waals surface area contributed by atoms with Gasteiger partial charge < -0.3 is 5.32 Å². The number of carbonyl (C=O) groups excluding carboxylic acids is 1. The molecule has 0 saturated heterocycles. The Kier molecular flexibility index (Phi) is 1.83. The van der Waals surface area contributed by atoms with Crippen molar-refractivity contribution in [2.75, 3.05) is 6.54 Å². The van der Waals surface area contributed by atoms with Gasteiger partial charge in [-0.15, -0.1) is 0 Å². The summed E-state index contributed by atoms with van der Waals surface area (Å²) in [4.78, 5) is 11.3. The predicted octanol–water partition coefficient (Wildman–Crippen LogP) is 0.819. The first-order valence-corrected chi connectivity index (χ1v) is 4.55. The van der Waals surface area contributed by atoms with E-state index >= 15 is 0 Å². The quantitative estimate of drug-likeness (QED) is 0.670. The molecule has 4 nitrogen and oxygen atoms in total. The minimum Gasteiger partial charge on any atom is -0.350 e. The highest BCUT2D eigenvalue weighted by atomic mass is 16.2. The Morgan fingerprint density at radius 2 is 2.23 bits per heavy atom. The van der Waals surface area contributed by atoms with Crippen molar-refractivity contribution in [3.05, 3.63) is 17.0 Å². The molecule has 4 heteroatoms. The van der Waals surface area contributed by atoms with Gasteiger partial charge in [-0.3, -0.25) is 9.89 Å². The maximum absolute atomic E-state index is 11.3. The van der Waals surface area contributed by atoms with E-state index in [0.29, 0.717) is 11.6 Å². The molecule has 70 valence electrons. The molecule has 2 heterocycles. The van der Waals surface area contributed by atoms with E-state index in [1.54, 1.807) is 0 Å². The fourth-order valence-electron chi connectivity index (χ4n) is 1.69. The molecule has 0 fully saturated rings. The lowest BCUT2D eigenvalue weighted by Crippen LogP contribution is -2.31. The van der Waals surface area contributed by atoms with Crippen molar-refractivity contribution >= 4 is 5.91 Å². The van der Waals surface area contributed by atoms with E-state index in [9.17, 15) is 4.79 Å². The van der Waals surface area contributed by atoms with Crippen LogP contribution in [0.4, 0.5) is 0 Å². The second-order valence-corrected chi connectivity index (χ2v) is 3.62. The second-order valence-electron chi connectivity index (χ2n) is 3.62. The zero-order valence-electron chi connectivity index (χ0n) is 7.85. The monoisotopic (exact) mass is 179 g/mol. The summed E-state index contributed by atoms with van der Waals surface area (Å²) < 4.78 is 0. The number of aromatic nitrogens is 2. The fourth-order valence-corrected chi connectivity index (χ4v) is 1.69. The van der Waals surface area contributed by atoms with Gasteiger partial charge in [-0.1, -0.05) is 13.8 Å². The molecule has 0 spiro atoms. The molecule has 2 N–H and O–H groups in total. The van der Waals surface area contributed by atoms with Gasteiger partial charge in [0.25, 0.3) is 5.91 Å². The summed E-state index contributed by atoms with van der Waals surface area (Å²) in [6.45, 7) is 4.90. The van der Waals surface area contributed by atoms with Crippen LogP contribution in [0.15, 0.2) is 0 Å². The van der Waals surface area contributed by atoms with Gasteiger partial charge in [0, 0.05) is 12.1 Å². The van der Waals surface area contributed by atoms with Crippen LogP contribution >= 0.6 is 0 Å². The average molecular weight is 179 g/mol. The Morgan fingerprint density at radius 1 is 1.46 bits per heavy atom. The van der Waals surface area contributed by atoms with Crippen LogP contribution < -0.4 is 5.32 Å². The molecule has 0 unspecified atom stereocenters. The van der Waals surface area contributed by atoms with Crippen molar-refractivity contribution in [3.8, 4) is 0 Å². The first kappa shape index (κ1) is 8.29. The Labute approximate surface area is 76.7 Å². The maximum Gasteiger partial charge on any atom is 0.269 e. The molecule has 13 heavy (non-hydrogen) atoms. The Morgan fingerprint density at radius 3 is 2.92 bits per heavy atom. The van der Waals surface area contributed by atoms with Gasteiger partial charge >= 0.3 is 0 Å². The van der Waals surface area contributed by atoms with E-state index in [2.05, 4.69) is 29.4 Å². The van der Waals surface area contributed by atoms with Gasteiger partial charge in [0.15, 0.2) is 0 Å². The standard InChI is InChI=1S/C9H13N3O/c1-5(2)7-6-3-4-10-9(13)8(6)12-11-7/h5H,3-4H2,1-2H3,(H,10,13)(H,11,12). The number of carbonyl (C=O) groups is 1. The number of hydrogen-bond donors (Lipinski definition) is 2. The number of amides is 1. The van der Waals surface area contributed by atoms with Crippen LogP contribution in [0, 0.1) is 0 Å². The van der Waals surface area contributed by atoms with Crippen LogP contribution in [0.1, 0.15) is 41.5 Å². The van der Waals surface area contributed by atoms with Crippen molar-refractivity contribution in [3.63, 3.8) is 0 Å². The average Bonchev–Trinajstić information content (AvgIpc) is 2.48. The molecule has 0 aliphatic carbocycles. The largest absolute Gasteiger partial charge is 0.350 e. The van der Waals surface area contributed by atoms with E-state index in [1.165, 1.54) is 0 Å². The van der Waals surface area contributed by atoms with Crippen molar-refractivity contribution < 1.29 is 4.79 Å². The molecular weight excluding hydrogens is 166 g/mol. The Bertz CT molecular complexity index is 341. The smallest absolute Gasteiger partial charge is 0.269 e. The molecule has 1 aliphatic rings. The van der Waals surface area contributed by atoms with E-state index in [0.717, 1.165) is 24.2 Å².